The van der Waals surface area contributed by atoms with Gasteiger partial charge < -0.3 is 18.8 Å². The molecule has 2 unspecified atom stereocenters. The van der Waals surface area contributed by atoms with Crippen molar-refractivity contribution in [3.05, 3.63) is 0 Å². The summed E-state index contributed by atoms with van der Waals surface area (Å²) in [6, 6.07) is 0. The zero-order valence-electron chi connectivity index (χ0n) is 40.4. The van der Waals surface area contributed by atoms with Gasteiger partial charge in [0, 0.05) is 11.5 Å². The molecular formula is C51H100O7S4. The first-order valence-electron chi connectivity index (χ1n) is 26.1. The lowest BCUT2D eigenvalue weighted by Crippen LogP contribution is -2.23. The highest BCUT2D eigenvalue weighted by Gasteiger charge is 2.22. The normalized spacial score (nSPS) is 12.1. The molecule has 0 aliphatic rings. The molecule has 7 nitrogen and oxygen atoms in total. The Hall–Kier alpha value is -0.390. The third kappa shape index (κ3) is 52.2. The van der Waals surface area contributed by atoms with E-state index in [1.54, 1.807) is 0 Å². The Morgan fingerprint density at radius 2 is 0.645 bits per heavy atom. The first-order chi connectivity index (χ1) is 30.3. The van der Waals surface area contributed by atoms with Crippen LogP contribution in [-0.2, 0) is 23.2 Å². The fraction of sp³-hybridized carbons (Fsp3) is 0.941. The summed E-state index contributed by atoms with van der Waals surface area (Å²) < 4.78 is 14.7. The summed E-state index contributed by atoms with van der Waals surface area (Å²) in [7, 11) is 0. The average molecular weight is 954 g/mol. The van der Waals surface area contributed by atoms with Crippen molar-refractivity contribution in [3.8, 4) is 0 Å². The van der Waals surface area contributed by atoms with E-state index in [0.29, 0.717) is 31.0 Å². The van der Waals surface area contributed by atoms with Crippen molar-refractivity contribution in [1.82, 2.24) is 0 Å². The summed E-state index contributed by atoms with van der Waals surface area (Å²) in [4.78, 5) is 33.6. The van der Waals surface area contributed by atoms with Crippen LogP contribution in [0.2, 0.25) is 0 Å². The van der Waals surface area contributed by atoms with Crippen LogP contribution < -0.4 is 0 Å². The van der Waals surface area contributed by atoms with E-state index < -0.39 is 17.4 Å². The van der Waals surface area contributed by atoms with Gasteiger partial charge in [-0.1, -0.05) is 258 Å². The number of rotatable bonds is 48. The van der Waals surface area contributed by atoms with Crippen LogP contribution in [0, 0.1) is 0 Å². The maximum absolute atomic E-state index is 11.8. The number of hydrogen-bond acceptors (Lipinski definition) is 10. The molecule has 0 radical (unpaired) electrons. The zero-order valence-corrected chi connectivity index (χ0v) is 43.9. The van der Waals surface area contributed by atoms with Crippen molar-refractivity contribution >= 4 is 68.0 Å². The van der Waals surface area contributed by atoms with Crippen molar-refractivity contribution < 1.29 is 33.1 Å². The molecule has 0 heterocycles. The fourth-order valence-corrected chi connectivity index (χ4v) is 8.53. The van der Waals surface area contributed by atoms with Gasteiger partial charge in [0.15, 0.2) is 0 Å². The predicted octanol–water partition coefficient (Wildman–Crippen LogP) is 17.6. The molecule has 0 aliphatic heterocycles. The van der Waals surface area contributed by atoms with E-state index in [4.69, 9.17) is 14.6 Å². The van der Waals surface area contributed by atoms with E-state index in [2.05, 4.69) is 55.9 Å². The molecule has 0 bridgehead atoms. The Labute approximate surface area is 404 Å². The Bertz CT molecular complexity index is 929. The third-order valence-corrected chi connectivity index (χ3v) is 14.1. The van der Waals surface area contributed by atoms with Crippen LogP contribution in [0.5, 0.6) is 0 Å². The Kier molecular flexibility index (Phi) is 56.4. The Balaban J connectivity index is 0. The van der Waals surface area contributed by atoms with E-state index in [-0.39, 0.29) is 17.0 Å². The molecule has 0 spiro atoms. The van der Waals surface area contributed by atoms with Crippen molar-refractivity contribution in [2.24, 2.45) is 0 Å². The quantitative estimate of drug-likeness (QED) is 0.0207. The highest BCUT2D eigenvalue weighted by molar-refractivity contribution is 7.97. The second-order valence-corrected chi connectivity index (χ2v) is 19.9. The first kappa shape index (κ1) is 63.7. The van der Waals surface area contributed by atoms with Gasteiger partial charge in [0.1, 0.15) is 10.5 Å². The van der Waals surface area contributed by atoms with Crippen molar-refractivity contribution in [3.63, 3.8) is 0 Å². The molecule has 11 heteroatoms. The number of thiol groups is 3. The number of ether oxygens (including phenoxy) is 2. The summed E-state index contributed by atoms with van der Waals surface area (Å²) in [5.41, 5.74) is 0. The van der Waals surface area contributed by atoms with Crippen LogP contribution in [0.3, 0.4) is 0 Å². The molecule has 0 saturated heterocycles. The monoisotopic (exact) mass is 953 g/mol. The molecule has 0 fully saturated rings. The highest BCUT2D eigenvalue weighted by atomic mass is 32.2. The number of carbonyl (C=O) groups excluding carboxylic acids is 2. The average Bonchev–Trinajstić information content (AvgIpc) is 3.27. The van der Waals surface area contributed by atoms with Crippen LogP contribution in [0.4, 0.5) is 4.79 Å². The topological polar surface area (TPSA) is 99.1 Å². The number of unbranched alkanes of at least 4 members (excludes halogenated alkanes) is 38. The van der Waals surface area contributed by atoms with E-state index in [9.17, 15) is 14.4 Å². The lowest BCUT2D eigenvalue weighted by atomic mass is 10.0. The summed E-state index contributed by atoms with van der Waals surface area (Å²) >= 11 is 12.8. The first-order valence-corrected chi connectivity index (χ1v) is 28.7. The van der Waals surface area contributed by atoms with Gasteiger partial charge in [-0.15, -0.1) is 0 Å². The lowest BCUT2D eigenvalue weighted by molar-refractivity contribution is -0.143. The maximum atomic E-state index is 11.8. The largest absolute Gasteiger partial charge is 0.518 e. The van der Waals surface area contributed by atoms with Crippen LogP contribution in [0.1, 0.15) is 271 Å². The second kappa shape index (κ2) is 54.9. The Morgan fingerprint density at radius 1 is 0.403 bits per heavy atom. The second-order valence-electron chi connectivity index (χ2n) is 17.6. The van der Waals surface area contributed by atoms with Gasteiger partial charge in [0.2, 0.25) is 0 Å². The number of esters is 2. The van der Waals surface area contributed by atoms with Crippen LogP contribution >= 0.6 is 49.9 Å². The zero-order chi connectivity index (χ0) is 45.8. The Morgan fingerprint density at radius 3 is 0.871 bits per heavy atom. The van der Waals surface area contributed by atoms with Crippen molar-refractivity contribution in [2.75, 3.05) is 24.7 Å². The molecule has 62 heavy (non-hydrogen) atoms. The number of carboxylic acid groups (broad SMARTS) is 1. The molecule has 0 aromatic rings. The molecule has 0 aromatic carbocycles. The molecule has 0 rings (SSSR count). The molecule has 1 N–H and O–H groups in total. The SMILES string of the molecule is CCCCCCCCCCCCCCCCCCCCCCOC(=O)C(CS)SOC(=O)O.CCCCCCCCCCCCCCCCCCCCCCOC(=O)C(S)CS. The summed E-state index contributed by atoms with van der Waals surface area (Å²) in [6.45, 7) is 5.47. The predicted molar refractivity (Wildman–Crippen MR) is 279 cm³/mol. The van der Waals surface area contributed by atoms with Gasteiger partial charge in [-0.3, -0.25) is 9.59 Å². The number of carbonyl (C=O) groups is 3. The molecule has 0 aliphatic carbocycles. The van der Waals surface area contributed by atoms with Crippen molar-refractivity contribution in [2.45, 2.75) is 281 Å². The van der Waals surface area contributed by atoms with Gasteiger partial charge in [0.05, 0.1) is 25.3 Å². The summed E-state index contributed by atoms with van der Waals surface area (Å²) in [5.74, 6) is -0.0905. The molecule has 0 aromatic heterocycles. The van der Waals surface area contributed by atoms with Crippen LogP contribution in [0.25, 0.3) is 0 Å². The minimum Gasteiger partial charge on any atom is -0.465 e. The van der Waals surface area contributed by atoms with E-state index >= 15 is 0 Å². The molecule has 370 valence electrons. The van der Waals surface area contributed by atoms with E-state index in [1.165, 1.54) is 231 Å². The molecular weight excluding hydrogens is 853 g/mol. The van der Waals surface area contributed by atoms with Gasteiger partial charge in [-0.05, 0) is 12.8 Å². The van der Waals surface area contributed by atoms with E-state index in [1.807, 2.05) is 0 Å². The molecule has 2 atom stereocenters. The highest BCUT2D eigenvalue weighted by Crippen LogP contribution is 2.19. The van der Waals surface area contributed by atoms with Gasteiger partial charge in [-0.25, -0.2) is 4.79 Å². The standard InChI is InChI=1S/C26H50O5S2.C25H50O2S2/c1-2-3-4-5-6-7-8-9-10-11-12-13-14-15-16-17-18-19-20-21-22-30-25(27)24(23-32)33-31-26(28)29;1-2-3-4-5-6-7-8-9-10-11-12-13-14-15-16-17-18-19-20-21-22-27-25(26)24(29)23-28/h24,32H,2-23H2,1H3,(H,28,29);24,28-29H,2-23H2,1H3. The molecule has 0 amide bonds. The minimum atomic E-state index is -1.42. The minimum absolute atomic E-state index is 0.177. The van der Waals surface area contributed by atoms with Gasteiger partial charge in [-0.2, -0.15) is 37.9 Å². The maximum Gasteiger partial charge on any atom is 0.518 e. The van der Waals surface area contributed by atoms with Crippen LogP contribution in [0.15, 0.2) is 0 Å². The fourth-order valence-electron chi connectivity index (χ4n) is 7.57. The smallest absolute Gasteiger partial charge is 0.465 e. The molecule has 0 saturated carbocycles. The third-order valence-electron chi connectivity index (χ3n) is 11.6. The lowest BCUT2D eigenvalue weighted by Gasteiger charge is -2.11. The van der Waals surface area contributed by atoms with Gasteiger partial charge >= 0.3 is 18.1 Å². The summed E-state index contributed by atoms with van der Waals surface area (Å²) in [5, 5.41) is 7.38. The van der Waals surface area contributed by atoms with Crippen molar-refractivity contribution in [1.29, 1.82) is 0 Å². The number of hydrogen-bond donors (Lipinski definition) is 4. The van der Waals surface area contributed by atoms with Gasteiger partial charge in [0.25, 0.3) is 0 Å². The van der Waals surface area contributed by atoms with Crippen LogP contribution in [-0.4, -0.2) is 58.4 Å². The van der Waals surface area contributed by atoms with E-state index in [0.717, 1.165) is 25.7 Å². The summed E-state index contributed by atoms with van der Waals surface area (Å²) in [6.07, 6.45) is 52.8.